The van der Waals surface area contributed by atoms with Crippen molar-refractivity contribution in [2.45, 2.75) is 32.6 Å². The molecule has 0 radical (unpaired) electrons. The average Bonchev–Trinajstić information content (AvgIpc) is 2.42. The molecule has 0 aliphatic rings. The molecule has 1 aromatic carbocycles. The minimum atomic E-state index is -4.38. The zero-order valence-corrected chi connectivity index (χ0v) is 12.0. The molecular formula is C14H21F3N2O. The van der Waals surface area contributed by atoms with Gasteiger partial charge in [0.25, 0.3) is 0 Å². The first-order valence-electron chi connectivity index (χ1n) is 6.55. The molecule has 0 amide bonds. The number of likely N-dealkylation sites (N-methyl/N-ethyl adjacent to an activating group) is 1. The second-order valence-corrected chi connectivity index (χ2v) is 4.76. The van der Waals surface area contributed by atoms with Crippen LogP contribution in [0.2, 0.25) is 0 Å². The number of benzene rings is 1. The molecule has 20 heavy (non-hydrogen) atoms. The summed E-state index contributed by atoms with van der Waals surface area (Å²) in [6, 6.07) is 4.03. The van der Waals surface area contributed by atoms with E-state index in [-0.39, 0.29) is 24.8 Å². The zero-order valence-electron chi connectivity index (χ0n) is 12.0. The van der Waals surface area contributed by atoms with Gasteiger partial charge in [-0.3, -0.25) is 0 Å². The van der Waals surface area contributed by atoms with Crippen molar-refractivity contribution in [2.75, 3.05) is 25.1 Å². The van der Waals surface area contributed by atoms with Gasteiger partial charge in [-0.05, 0) is 31.2 Å². The average molecular weight is 290 g/mol. The molecule has 0 saturated carbocycles. The Bertz CT molecular complexity index is 435. The first kappa shape index (κ1) is 16.8. The second-order valence-electron chi connectivity index (χ2n) is 4.76. The summed E-state index contributed by atoms with van der Waals surface area (Å²) < 4.78 is 39.3. The molecule has 114 valence electrons. The maximum Gasteiger partial charge on any atom is 0.416 e. The van der Waals surface area contributed by atoms with Crippen molar-refractivity contribution in [3.63, 3.8) is 0 Å². The molecule has 1 unspecified atom stereocenters. The van der Waals surface area contributed by atoms with Gasteiger partial charge < -0.3 is 15.3 Å². The zero-order chi connectivity index (χ0) is 15.3. The van der Waals surface area contributed by atoms with Gasteiger partial charge in [-0.1, -0.05) is 13.0 Å². The fraction of sp³-hybridized carbons (Fsp3) is 0.571. The summed E-state index contributed by atoms with van der Waals surface area (Å²) in [4.78, 5) is 1.63. The Morgan fingerprint density at radius 1 is 1.35 bits per heavy atom. The van der Waals surface area contributed by atoms with Gasteiger partial charge >= 0.3 is 6.18 Å². The maximum atomic E-state index is 13.1. The normalized spacial score (nSPS) is 13.3. The molecule has 0 fully saturated rings. The van der Waals surface area contributed by atoms with Crippen molar-refractivity contribution >= 4 is 5.69 Å². The van der Waals surface area contributed by atoms with Gasteiger partial charge in [0.05, 0.1) is 12.2 Å². The van der Waals surface area contributed by atoms with Gasteiger partial charge in [-0.15, -0.1) is 0 Å². The number of halogens is 3. The van der Waals surface area contributed by atoms with Crippen LogP contribution in [0.5, 0.6) is 0 Å². The Hall–Kier alpha value is -1.27. The van der Waals surface area contributed by atoms with Gasteiger partial charge in [0.15, 0.2) is 0 Å². The Morgan fingerprint density at radius 2 is 2.00 bits per heavy atom. The van der Waals surface area contributed by atoms with Crippen LogP contribution in [0, 0.1) is 0 Å². The first-order chi connectivity index (χ1) is 9.31. The number of nitrogens with zero attached hydrogens (tertiary/aromatic N) is 1. The Labute approximate surface area is 117 Å². The van der Waals surface area contributed by atoms with Gasteiger partial charge in [0.2, 0.25) is 0 Å². The van der Waals surface area contributed by atoms with Gasteiger partial charge in [-0.25, -0.2) is 0 Å². The predicted octanol–water partition coefficient (Wildman–Crippen LogP) is 2.63. The quantitative estimate of drug-likeness (QED) is 0.845. The lowest BCUT2D eigenvalue weighted by atomic mass is 10.0. The smallest absolute Gasteiger partial charge is 0.394 e. The summed E-state index contributed by atoms with van der Waals surface area (Å²) in [6.45, 7) is 4.28. The highest BCUT2D eigenvalue weighted by atomic mass is 19.4. The molecule has 1 rings (SSSR count). The standard InChI is InChI=1S/C14H21F3N2O/c1-4-18-8-11-5-6-12(19(3)10(2)9-20)7-13(11)14(15,16)17/h5-7,10,18,20H,4,8-9H2,1-3H3. The first-order valence-corrected chi connectivity index (χ1v) is 6.55. The van der Waals surface area contributed by atoms with E-state index in [4.69, 9.17) is 5.11 Å². The van der Waals surface area contributed by atoms with Crippen LogP contribution in [0.1, 0.15) is 25.0 Å². The number of alkyl halides is 3. The van der Waals surface area contributed by atoms with Crippen LogP contribution in [0.15, 0.2) is 18.2 Å². The summed E-state index contributed by atoms with van der Waals surface area (Å²) in [5.74, 6) is 0. The van der Waals surface area contributed by atoms with E-state index in [1.165, 1.54) is 6.07 Å². The van der Waals surface area contributed by atoms with E-state index in [1.54, 1.807) is 24.9 Å². The lowest BCUT2D eigenvalue weighted by Gasteiger charge is -2.27. The van der Waals surface area contributed by atoms with Gasteiger partial charge in [-0.2, -0.15) is 13.2 Å². The molecule has 2 N–H and O–H groups in total. The number of hydrogen-bond acceptors (Lipinski definition) is 3. The molecule has 0 spiro atoms. The summed E-state index contributed by atoms with van der Waals surface area (Å²) in [7, 11) is 1.67. The number of aliphatic hydroxyl groups is 1. The van der Waals surface area contributed by atoms with E-state index in [1.807, 2.05) is 6.92 Å². The van der Waals surface area contributed by atoms with E-state index in [0.717, 1.165) is 6.07 Å². The lowest BCUT2D eigenvalue weighted by molar-refractivity contribution is -0.138. The van der Waals surface area contributed by atoms with Gasteiger partial charge in [0, 0.05) is 25.3 Å². The van der Waals surface area contributed by atoms with Crippen LogP contribution in [-0.2, 0) is 12.7 Å². The molecule has 0 saturated heterocycles. The van der Waals surface area contributed by atoms with Crippen LogP contribution >= 0.6 is 0 Å². The molecule has 0 aliphatic carbocycles. The number of aliphatic hydroxyl groups excluding tert-OH is 1. The molecule has 0 bridgehead atoms. The van der Waals surface area contributed by atoms with Crippen LogP contribution < -0.4 is 10.2 Å². The SMILES string of the molecule is CCNCc1ccc(N(C)C(C)CO)cc1C(F)(F)F. The highest BCUT2D eigenvalue weighted by molar-refractivity contribution is 5.52. The van der Waals surface area contributed by atoms with E-state index in [9.17, 15) is 13.2 Å². The van der Waals surface area contributed by atoms with Crippen LogP contribution in [0.3, 0.4) is 0 Å². The minimum absolute atomic E-state index is 0.114. The molecule has 1 aromatic rings. The molecule has 1 atom stereocenters. The third kappa shape index (κ3) is 4.11. The van der Waals surface area contributed by atoms with E-state index >= 15 is 0 Å². The van der Waals surface area contributed by atoms with Crippen LogP contribution in [0.4, 0.5) is 18.9 Å². The van der Waals surface area contributed by atoms with Gasteiger partial charge in [0.1, 0.15) is 0 Å². The van der Waals surface area contributed by atoms with Crippen LogP contribution in [-0.4, -0.2) is 31.3 Å². The summed E-state index contributed by atoms with van der Waals surface area (Å²) in [5, 5.41) is 12.0. The molecule has 0 heterocycles. The largest absolute Gasteiger partial charge is 0.416 e. The number of hydrogen-bond donors (Lipinski definition) is 2. The van der Waals surface area contributed by atoms with Crippen molar-refractivity contribution in [1.82, 2.24) is 5.32 Å². The molecule has 6 heteroatoms. The summed E-state index contributed by atoms with van der Waals surface area (Å²) in [6.07, 6.45) is -4.38. The van der Waals surface area contributed by atoms with Crippen molar-refractivity contribution in [3.05, 3.63) is 29.3 Å². The highest BCUT2D eigenvalue weighted by Crippen LogP contribution is 2.34. The molecule has 0 aliphatic heterocycles. The summed E-state index contributed by atoms with van der Waals surface area (Å²) in [5.41, 5.74) is 0.0419. The minimum Gasteiger partial charge on any atom is -0.394 e. The molecule has 0 aromatic heterocycles. The van der Waals surface area contributed by atoms with Crippen molar-refractivity contribution in [1.29, 1.82) is 0 Å². The van der Waals surface area contributed by atoms with E-state index in [0.29, 0.717) is 12.2 Å². The fourth-order valence-corrected chi connectivity index (χ4v) is 1.84. The molecular weight excluding hydrogens is 269 g/mol. The molecule has 3 nitrogen and oxygen atoms in total. The van der Waals surface area contributed by atoms with Crippen LogP contribution in [0.25, 0.3) is 0 Å². The Kier molecular flexibility index (Phi) is 5.83. The maximum absolute atomic E-state index is 13.1. The summed E-state index contributed by atoms with van der Waals surface area (Å²) >= 11 is 0. The van der Waals surface area contributed by atoms with E-state index in [2.05, 4.69) is 5.32 Å². The van der Waals surface area contributed by atoms with Crippen molar-refractivity contribution in [2.24, 2.45) is 0 Å². The Balaban J connectivity index is 3.14. The highest BCUT2D eigenvalue weighted by Gasteiger charge is 2.33. The fourth-order valence-electron chi connectivity index (χ4n) is 1.84. The third-order valence-electron chi connectivity index (χ3n) is 3.30. The van der Waals surface area contributed by atoms with Crippen molar-refractivity contribution < 1.29 is 18.3 Å². The Morgan fingerprint density at radius 3 is 2.50 bits per heavy atom. The number of anilines is 1. The monoisotopic (exact) mass is 290 g/mol. The second kappa shape index (κ2) is 6.95. The van der Waals surface area contributed by atoms with E-state index < -0.39 is 11.7 Å². The topological polar surface area (TPSA) is 35.5 Å². The predicted molar refractivity (Wildman–Crippen MR) is 73.8 cm³/mol. The number of rotatable bonds is 6. The lowest BCUT2D eigenvalue weighted by Crippen LogP contribution is -2.32. The van der Waals surface area contributed by atoms with Crippen molar-refractivity contribution in [3.8, 4) is 0 Å². The number of nitrogens with one attached hydrogen (secondary N) is 1. The third-order valence-corrected chi connectivity index (χ3v) is 3.30.